The Morgan fingerprint density at radius 1 is 1.42 bits per heavy atom. The summed E-state index contributed by atoms with van der Waals surface area (Å²) in [5.41, 5.74) is 0. The molecular formula is C14H27N3O2. The molecule has 5 nitrogen and oxygen atoms in total. The molecule has 0 bridgehead atoms. The molecule has 5 heteroatoms. The molecule has 1 N–H and O–H groups in total. The molecule has 0 unspecified atom stereocenters. The quantitative estimate of drug-likeness (QED) is 0.777. The summed E-state index contributed by atoms with van der Waals surface area (Å²) in [6.45, 7) is 5.29. The molecule has 0 aromatic rings. The second-order valence-corrected chi connectivity index (χ2v) is 5.62. The van der Waals surface area contributed by atoms with Crippen molar-refractivity contribution in [1.29, 1.82) is 0 Å². The summed E-state index contributed by atoms with van der Waals surface area (Å²) in [7, 11) is 3.53. The summed E-state index contributed by atoms with van der Waals surface area (Å²) in [6.07, 6.45) is 3.90. The van der Waals surface area contributed by atoms with E-state index in [9.17, 15) is 9.59 Å². The number of hydrogen-bond acceptors (Lipinski definition) is 3. The number of likely N-dealkylation sites (N-methyl/N-ethyl adjacent to an activating group) is 1. The van der Waals surface area contributed by atoms with Gasteiger partial charge in [0.05, 0.1) is 12.6 Å². The first-order valence-electron chi connectivity index (χ1n) is 7.20. The normalized spacial score (nSPS) is 21.2. The Bertz CT molecular complexity index is 318. The standard InChI is InChI=1S/C14H27N3O2/c1-5-7-11(2)15-13(18)10-17-9-6-8-12(17)14(19)16(3)4/h11-12H,5-10H2,1-4H3,(H,15,18)/t11-,12-/m0/s1. The lowest BCUT2D eigenvalue weighted by Gasteiger charge is -2.26. The van der Waals surface area contributed by atoms with Crippen LogP contribution in [0.3, 0.4) is 0 Å². The van der Waals surface area contributed by atoms with Gasteiger partial charge in [0.25, 0.3) is 0 Å². The fraction of sp³-hybridized carbons (Fsp3) is 0.857. The summed E-state index contributed by atoms with van der Waals surface area (Å²) in [5, 5.41) is 2.99. The van der Waals surface area contributed by atoms with Gasteiger partial charge < -0.3 is 10.2 Å². The van der Waals surface area contributed by atoms with Crippen LogP contribution in [0.25, 0.3) is 0 Å². The van der Waals surface area contributed by atoms with Crippen LogP contribution in [0.5, 0.6) is 0 Å². The third-order valence-corrected chi connectivity index (χ3v) is 3.57. The van der Waals surface area contributed by atoms with E-state index >= 15 is 0 Å². The second kappa shape index (κ2) is 7.48. The number of carbonyl (C=O) groups excluding carboxylic acids is 2. The highest BCUT2D eigenvalue weighted by Crippen LogP contribution is 2.18. The van der Waals surface area contributed by atoms with Crippen LogP contribution in [0.4, 0.5) is 0 Å². The Hall–Kier alpha value is -1.10. The van der Waals surface area contributed by atoms with Crippen LogP contribution < -0.4 is 5.32 Å². The first-order chi connectivity index (χ1) is 8.95. The Morgan fingerprint density at radius 2 is 2.11 bits per heavy atom. The maximum Gasteiger partial charge on any atom is 0.239 e. The van der Waals surface area contributed by atoms with Gasteiger partial charge in [-0.15, -0.1) is 0 Å². The van der Waals surface area contributed by atoms with Crippen LogP contribution >= 0.6 is 0 Å². The zero-order valence-corrected chi connectivity index (χ0v) is 12.6. The fourth-order valence-corrected chi connectivity index (χ4v) is 2.60. The molecule has 1 fully saturated rings. The van der Waals surface area contributed by atoms with Crippen molar-refractivity contribution in [3.05, 3.63) is 0 Å². The SMILES string of the molecule is CCC[C@H](C)NC(=O)CN1CCC[C@H]1C(=O)N(C)C. The van der Waals surface area contributed by atoms with Gasteiger partial charge in [-0.25, -0.2) is 0 Å². The molecule has 1 aliphatic rings. The first-order valence-corrected chi connectivity index (χ1v) is 7.20. The maximum atomic E-state index is 12.0. The van der Waals surface area contributed by atoms with E-state index < -0.39 is 0 Å². The van der Waals surface area contributed by atoms with Gasteiger partial charge >= 0.3 is 0 Å². The molecule has 1 aliphatic heterocycles. The molecule has 110 valence electrons. The van der Waals surface area contributed by atoms with Crippen molar-refractivity contribution in [2.45, 2.75) is 51.6 Å². The number of rotatable bonds is 6. The lowest BCUT2D eigenvalue weighted by molar-refractivity contribution is -0.134. The number of likely N-dealkylation sites (tertiary alicyclic amines) is 1. The lowest BCUT2D eigenvalue weighted by Crippen LogP contribution is -2.47. The molecular weight excluding hydrogens is 242 g/mol. The highest BCUT2D eigenvalue weighted by Gasteiger charge is 2.32. The van der Waals surface area contributed by atoms with Gasteiger partial charge in [0.15, 0.2) is 0 Å². The second-order valence-electron chi connectivity index (χ2n) is 5.62. The molecule has 0 radical (unpaired) electrons. The van der Waals surface area contributed by atoms with Gasteiger partial charge in [-0.3, -0.25) is 14.5 Å². The van der Waals surface area contributed by atoms with Crippen LogP contribution in [-0.2, 0) is 9.59 Å². The lowest BCUT2D eigenvalue weighted by atomic mass is 10.2. The van der Waals surface area contributed by atoms with Gasteiger partial charge in [-0.2, -0.15) is 0 Å². The zero-order chi connectivity index (χ0) is 14.4. The first kappa shape index (κ1) is 16.0. The van der Waals surface area contributed by atoms with Crippen molar-refractivity contribution in [2.24, 2.45) is 0 Å². The maximum absolute atomic E-state index is 12.0. The predicted octanol–water partition coefficient (Wildman–Crippen LogP) is 0.844. The van der Waals surface area contributed by atoms with Gasteiger partial charge in [-0.05, 0) is 32.7 Å². The molecule has 0 spiro atoms. The third kappa shape index (κ3) is 4.82. The summed E-state index contributed by atoms with van der Waals surface area (Å²) in [5.74, 6) is 0.131. The van der Waals surface area contributed by atoms with Gasteiger partial charge in [-0.1, -0.05) is 13.3 Å². The number of amides is 2. The Kier molecular flexibility index (Phi) is 6.28. The number of nitrogens with one attached hydrogen (secondary N) is 1. The zero-order valence-electron chi connectivity index (χ0n) is 12.6. The molecule has 1 heterocycles. The van der Waals surface area contributed by atoms with Crippen LogP contribution in [0.1, 0.15) is 39.5 Å². The number of nitrogens with zero attached hydrogens (tertiary/aromatic N) is 2. The molecule has 19 heavy (non-hydrogen) atoms. The van der Waals surface area contributed by atoms with E-state index in [-0.39, 0.29) is 23.9 Å². The van der Waals surface area contributed by atoms with Crippen molar-refractivity contribution in [1.82, 2.24) is 15.1 Å². The minimum absolute atomic E-state index is 0.0272. The largest absolute Gasteiger partial charge is 0.353 e. The predicted molar refractivity (Wildman–Crippen MR) is 75.8 cm³/mol. The van der Waals surface area contributed by atoms with E-state index in [1.54, 1.807) is 19.0 Å². The Balaban J connectivity index is 2.46. The molecule has 1 saturated heterocycles. The monoisotopic (exact) mass is 269 g/mol. The molecule has 0 aromatic carbocycles. The minimum atomic E-state index is -0.123. The smallest absolute Gasteiger partial charge is 0.239 e. The fourth-order valence-electron chi connectivity index (χ4n) is 2.60. The molecule has 0 aliphatic carbocycles. The molecule has 2 atom stereocenters. The van der Waals surface area contributed by atoms with E-state index in [0.29, 0.717) is 6.54 Å². The molecule has 1 rings (SSSR count). The molecule has 2 amide bonds. The van der Waals surface area contributed by atoms with Crippen molar-refractivity contribution in [3.8, 4) is 0 Å². The van der Waals surface area contributed by atoms with Crippen LogP contribution in [-0.4, -0.2) is 60.9 Å². The molecule has 0 saturated carbocycles. The summed E-state index contributed by atoms with van der Waals surface area (Å²) in [4.78, 5) is 27.6. The summed E-state index contributed by atoms with van der Waals surface area (Å²) < 4.78 is 0. The Morgan fingerprint density at radius 3 is 2.68 bits per heavy atom. The minimum Gasteiger partial charge on any atom is -0.353 e. The average molecular weight is 269 g/mol. The average Bonchev–Trinajstić information content (AvgIpc) is 2.75. The van der Waals surface area contributed by atoms with Crippen molar-refractivity contribution >= 4 is 11.8 Å². The number of carbonyl (C=O) groups is 2. The van der Waals surface area contributed by atoms with Crippen molar-refractivity contribution in [2.75, 3.05) is 27.2 Å². The van der Waals surface area contributed by atoms with Crippen molar-refractivity contribution < 1.29 is 9.59 Å². The van der Waals surface area contributed by atoms with Crippen LogP contribution in [0.2, 0.25) is 0 Å². The van der Waals surface area contributed by atoms with Gasteiger partial charge in [0.1, 0.15) is 0 Å². The van der Waals surface area contributed by atoms with Crippen LogP contribution in [0, 0.1) is 0 Å². The van der Waals surface area contributed by atoms with Crippen LogP contribution in [0.15, 0.2) is 0 Å². The Labute approximate surface area is 116 Å². The topological polar surface area (TPSA) is 52.7 Å². The van der Waals surface area contributed by atoms with E-state index in [1.807, 2.05) is 11.8 Å². The van der Waals surface area contributed by atoms with E-state index in [1.165, 1.54) is 0 Å². The third-order valence-electron chi connectivity index (χ3n) is 3.57. The van der Waals surface area contributed by atoms with E-state index in [4.69, 9.17) is 0 Å². The highest BCUT2D eigenvalue weighted by molar-refractivity contribution is 5.83. The van der Waals surface area contributed by atoms with E-state index in [0.717, 1.165) is 32.2 Å². The van der Waals surface area contributed by atoms with E-state index in [2.05, 4.69) is 12.2 Å². The molecule has 0 aromatic heterocycles. The summed E-state index contributed by atoms with van der Waals surface area (Å²) in [6, 6.07) is 0.0883. The highest BCUT2D eigenvalue weighted by atomic mass is 16.2. The number of hydrogen-bond donors (Lipinski definition) is 1. The van der Waals surface area contributed by atoms with Crippen molar-refractivity contribution in [3.63, 3.8) is 0 Å². The summed E-state index contributed by atoms with van der Waals surface area (Å²) >= 11 is 0. The van der Waals surface area contributed by atoms with Gasteiger partial charge in [0, 0.05) is 20.1 Å². The van der Waals surface area contributed by atoms with Gasteiger partial charge in [0.2, 0.25) is 11.8 Å².